The van der Waals surface area contributed by atoms with E-state index in [1.807, 2.05) is 38.1 Å². The van der Waals surface area contributed by atoms with E-state index >= 15 is 0 Å². The van der Waals surface area contributed by atoms with Crippen LogP contribution in [0.2, 0.25) is 5.02 Å². The van der Waals surface area contributed by atoms with E-state index in [9.17, 15) is 14.0 Å². The van der Waals surface area contributed by atoms with Gasteiger partial charge in [-0.15, -0.1) is 11.6 Å². The maximum absolute atomic E-state index is 10.9. The lowest BCUT2D eigenvalue weighted by Gasteiger charge is -2.27. The zero-order valence-corrected chi connectivity index (χ0v) is 20.3. The highest BCUT2D eigenvalue weighted by Gasteiger charge is 2.26. The van der Waals surface area contributed by atoms with Crippen LogP contribution in [0.25, 0.3) is 0 Å². The Morgan fingerprint density at radius 2 is 1.94 bits per heavy atom. The fourth-order valence-electron chi connectivity index (χ4n) is 3.25. The largest absolute Gasteiger partial charge is 0.772 e. The molecule has 2 aromatic carbocycles. The van der Waals surface area contributed by atoms with Gasteiger partial charge in [-0.25, -0.2) is 4.98 Å². The van der Waals surface area contributed by atoms with Crippen LogP contribution in [0, 0.1) is 11.3 Å². The number of hydrogen-bond acceptors (Lipinski definition) is 7. The zero-order valence-electron chi connectivity index (χ0n) is 18.0. The topological polar surface area (TPSA) is 108 Å². The number of ether oxygens (including phenoxy) is 2. The van der Waals surface area contributed by atoms with E-state index < -0.39 is 16.5 Å². The van der Waals surface area contributed by atoms with Gasteiger partial charge in [-0.05, 0) is 46.5 Å². The maximum atomic E-state index is 10.9. The van der Waals surface area contributed by atoms with Crippen molar-refractivity contribution in [2.24, 2.45) is 0 Å². The van der Waals surface area contributed by atoms with Crippen molar-refractivity contribution in [2.75, 3.05) is 12.5 Å². The highest BCUT2D eigenvalue weighted by Crippen LogP contribution is 2.38. The fourth-order valence-corrected chi connectivity index (χ4v) is 4.06. The van der Waals surface area contributed by atoms with Gasteiger partial charge in [0.2, 0.25) is 0 Å². The minimum absolute atomic E-state index is 0.0557. The zero-order chi connectivity index (χ0) is 24.0. The van der Waals surface area contributed by atoms with Crippen LogP contribution in [-0.2, 0) is 28.9 Å². The molecule has 0 saturated heterocycles. The third-order valence-electron chi connectivity index (χ3n) is 5.14. The van der Waals surface area contributed by atoms with Gasteiger partial charge in [-0.2, -0.15) is 5.26 Å². The molecule has 3 aromatic rings. The third kappa shape index (κ3) is 6.06. The molecule has 0 saturated carbocycles. The molecule has 3 rings (SSSR count). The Balaban J connectivity index is 1.77. The van der Waals surface area contributed by atoms with Gasteiger partial charge in [0.15, 0.2) is 17.9 Å². The number of alkyl halides is 1. The van der Waals surface area contributed by atoms with Crippen molar-refractivity contribution in [1.82, 2.24) is 4.98 Å². The second-order valence-electron chi connectivity index (χ2n) is 7.59. The second-order valence-corrected chi connectivity index (χ2v) is 9.27. The van der Waals surface area contributed by atoms with E-state index in [1.165, 1.54) is 6.39 Å². The average Bonchev–Trinajstić information content (AvgIpc) is 3.22. The molecule has 10 heteroatoms. The molecular formula is C23H21Cl2N2O5S-. The summed E-state index contributed by atoms with van der Waals surface area (Å²) in [6.45, 7) is 4.36. The predicted octanol–water partition coefficient (Wildman–Crippen LogP) is 5.10. The first-order valence-electron chi connectivity index (χ1n) is 9.89. The van der Waals surface area contributed by atoms with E-state index in [1.54, 1.807) is 12.1 Å². The van der Waals surface area contributed by atoms with E-state index in [0.717, 1.165) is 11.1 Å². The molecule has 0 N–H and O–H groups in total. The van der Waals surface area contributed by atoms with Crippen molar-refractivity contribution >= 4 is 34.3 Å². The minimum atomic E-state index is -2.26. The van der Waals surface area contributed by atoms with Crippen molar-refractivity contribution in [3.63, 3.8) is 0 Å². The number of aromatic nitrogens is 1. The Bertz CT molecular complexity index is 1170. The molecule has 0 bridgehead atoms. The standard InChI is InChI=1S/C23H22Cl2N2O5S/c1-23(2,17-9-15(11-26)22(19(25)10-17)30-8-7-24)16-3-5-18(6-4-16)31-12-21-20(13-33(28)29)27-14-32-21/h3-6,9-10,14H,7-8,12-13H2,1-2H3,(H,28,29)/p-1. The van der Waals surface area contributed by atoms with Crippen LogP contribution < -0.4 is 9.47 Å². The lowest BCUT2D eigenvalue weighted by molar-refractivity contribution is 0.268. The molecule has 0 aliphatic rings. The van der Waals surface area contributed by atoms with Crippen molar-refractivity contribution in [1.29, 1.82) is 5.26 Å². The Kier molecular flexibility index (Phi) is 8.38. The summed E-state index contributed by atoms with van der Waals surface area (Å²) in [5.41, 5.74) is 2.04. The summed E-state index contributed by atoms with van der Waals surface area (Å²) in [7, 11) is 0. The van der Waals surface area contributed by atoms with Crippen molar-refractivity contribution < 1.29 is 22.7 Å². The van der Waals surface area contributed by atoms with E-state index in [-0.39, 0.29) is 19.0 Å². The number of rotatable bonds is 10. The van der Waals surface area contributed by atoms with E-state index in [0.29, 0.717) is 39.4 Å². The Labute approximate surface area is 204 Å². The van der Waals surface area contributed by atoms with Crippen LogP contribution in [0.15, 0.2) is 47.2 Å². The highest BCUT2D eigenvalue weighted by molar-refractivity contribution is 7.78. The molecule has 1 unspecified atom stereocenters. The number of nitriles is 1. The molecule has 0 aliphatic heterocycles. The van der Waals surface area contributed by atoms with Gasteiger partial charge in [0, 0.05) is 5.41 Å². The number of benzene rings is 2. The summed E-state index contributed by atoms with van der Waals surface area (Å²) >= 11 is 9.83. The summed E-state index contributed by atoms with van der Waals surface area (Å²) in [6, 6.07) is 13.2. The van der Waals surface area contributed by atoms with Gasteiger partial charge in [0.1, 0.15) is 25.0 Å². The van der Waals surface area contributed by atoms with Gasteiger partial charge < -0.3 is 18.4 Å². The van der Waals surface area contributed by atoms with Crippen LogP contribution in [0.4, 0.5) is 0 Å². The van der Waals surface area contributed by atoms with Crippen molar-refractivity contribution in [2.45, 2.75) is 31.6 Å². The maximum Gasteiger partial charge on any atom is 0.181 e. The van der Waals surface area contributed by atoms with Gasteiger partial charge >= 0.3 is 0 Å². The Morgan fingerprint density at radius 3 is 2.58 bits per heavy atom. The number of nitrogens with zero attached hydrogens (tertiary/aromatic N) is 2. The van der Waals surface area contributed by atoms with Crippen molar-refractivity contribution in [3.05, 3.63) is 76.0 Å². The number of hydrogen-bond donors (Lipinski definition) is 0. The van der Waals surface area contributed by atoms with Gasteiger partial charge in [0.05, 0.1) is 27.9 Å². The summed E-state index contributed by atoms with van der Waals surface area (Å²) in [5.74, 6) is 1.33. The smallest absolute Gasteiger partial charge is 0.181 e. The monoisotopic (exact) mass is 507 g/mol. The molecule has 7 nitrogen and oxygen atoms in total. The van der Waals surface area contributed by atoms with Crippen LogP contribution in [0.3, 0.4) is 0 Å². The Morgan fingerprint density at radius 1 is 1.21 bits per heavy atom. The minimum Gasteiger partial charge on any atom is -0.772 e. The second kappa shape index (κ2) is 11.0. The summed E-state index contributed by atoms with van der Waals surface area (Å²) in [4.78, 5) is 3.90. The predicted molar refractivity (Wildman–Crippen MR) is 124 cm³/mol. The molecule has 0 spiro atoms. The summed E-state index contributed by atoms with van der Waals surface area (Å²) in [5, 5.41) is 9.91. The molecule has 1 aromatic heterocycles. The average molecular weight is 508 g/mol. The quantitative estimate of drug-likeness (QED) is 0.277. The normalized spacial score (nSPS) is 12.2. The van der Waals surface area contributed by atoms with Gasteiger partial charge in [-0.1, -0.05) is 37.6 Å². The van der Waals surface area contributed by atoms with Gasteiger partial charge in [-0.3, -0.25) is 4.21 Å². The molecule has 1 atom stereocenters. The third-order valence-corrected chi connectivity index (χ3v) is 6.08. The van der Waals surface area contributed by atoms with Crippen LogP contribution in [0.5, 0.6) is 11.5 Å². The number of oxazole rings is 1. The van der Waals surface area contributed by atoms with Gasteiger partial charge in [0.25, 0.3) is 0 Å². The Hall–Kier alpha value is -2.57. The van der Waals surface area contributed by atoms with Crippen LogP contribution in [-0.4, -0.2) is 26.2 Å². The molecular weight excluding hydrogens is 487 g/mol. The fraction of sp³-hybridized carbons (Fsp3) is 0.304. The summed E-state index contributed by atoms with van der Waals surface area (Å²) < 4.78 is 38.3. The first kappa shape index (κ1) is 25.1. The lowest BCUT2D eigenvalue weighted by Crippen LogP contribution is -2.19. The van der Waals surface area contributed by atoms with E-state index in [4.69, 9.17) is 37.1 Å². The lowest BCUT2D eigenvalue weighted by atomic mass is 9.77. The first-order chi connectivity index (χ1) is 15.8. The molecule has 0 amide bonds. The first-order valence-corrected chi connectivity index (χ1v) is 12.0. The van der Waals surface area contributed by atoms with Crippen molar-refractivity contribution in [3.8, 4) is 17.6 Å². The SMILES string of the molecule is CC(C)(c1ccc(OCc2ocnc2CS(=O)[O-])cc1)c1cc(Cl)c(OCCCl)c(C#N)c1. The molecule has 0 radical (unpaired) electrons. The number of halogens is 2. The van der Waals surface area contributed by atoms with Crippen LogP contribution >= 0.6 is 23.2 Å². The highest BCUT2D eigenvalue weighted by atomic mass is 35.5. The van der Waals surface area contributed by atoms with E-state index in [2.05, 4.69) is 11.1 Å². The molecule has 1 heterocycles. The molecule has 0 aliphatic carbocycles. The molecule has 174 valence electrons. The summed E-state index contributed by atoms with van der Waals surface area (Å²) in [6.07, 6.45) is 1.19. The molecule has 33 heavy (non-hydrogen) atoms. The molecule has 0 fully saturated rings. The van der Waals surface area contributed by atoms with Crippen LogP contribution in [0.1, 0.15) is 42.0 Å².